The summed E-state index contributed by atoms with van der Waals surface area (Å²) in [5.74, 6) is 0.999. The van der Waals surface area contributed by atoms with Crippen molar-refractivity contribution in [3.63, 3.8) is 0 Å². The number of aryl methyl sites for hydroxylation is 1. The largest absolute Gasteiger partial charge is 0.486 e. The normalized spacial score (nSPS) is 17.4. The molecular weight excluding hydrogens is 510 g/mol. The number of aromatic nitrogens is 4. The van der Waals surface area contributed by atoms with Gasteiger partial charge in [-0.1, -0.05) is 30.3 Å². The Hall–Kier alpha value is -4.67. The minimum absolute atomic E-state index is 0.104. The molecule has 2 aliphatic rings. The van der Waals surface area contributed by atoms with E-state index in [1.54, 1.807) is 23.0 Å². The number of ether oxygens (including phenoxy) is 1. The summed E-state index contributed by atoms with van der Waals surface area (Å²) in [5, 5.41) is 2.95. The van der Waals surface area contributed by atoms with Crippen LogP contribution in [0.4, 0.5) is 10.6 Å². The number of carbonyl (C=O) groups is 2. The number of hydrogen-bond donors (Lipinski definition) is 1. The Morgan fingerprint density at radius 1 is 1.00 bits per heavy atom. The van der Waals surface area contributed by atoms with E-state index in [4.69, 9.17) is 4.74 Å². The van der Waals surface area contributed by atoms with Gasteiger partial charge in [0, 0.05) is 62.7 Å². The van der Waals surface area contributed by atoms with Crippen LogP contribution >= 0.6 is 0 Å². The average molecular weight is 542 g/mol. The molecule has 0 bridgehead atoms. The summed E-state index contributed by atoms with van der Waals surface area (Å²) in [6.45, 7) is 5.17. The van der Waals surface area contributed by atoms with E-state index in [-0.39, 0.29) is 30.7 Å². The summed E-state index contributed by atoms with van der Waals surface area (Å²) < 4.78 is 9.48. The summed E-state index contributed by atoms with van der Waals surface area (Å²) in [5.41, 5.74) is 1.27. The number of rotatable bonds is 7. The number of imide groups is 1. The molecule has 6 rings (SSSR count). The number of nitrogens with one attached hydrogen (secondary N) is 1. The topological polar surface area (TPSA) is 114 Å². The quantitative estimate of drug-likeness (QED) is 0.358. The maximum Gasteiger partial charge on any atom is 0.325 e. The molecule has 1 atom stereocenters. The van der Waals surface area contributed by atoms with E-state index < -0.39 is 11.6 Å². The van der Waals surface area contributed by atoms with Crippen LogP contribution in [0.25, 0.3) is 5.65 Å². The fourth-order valence-electron chi connectivity index (χ4n) is 5.63. The number of benzene rings is 1. The Balaban J connectivity index is 1.10. The highest BCUT2D eigenvalue weighted by molar-refractivity contribution is 6.07. The fraction of sp³-hybridized carbons (Fsp3) is 0.345. The molecule has 3 amide bonds. The highest BCUT2D eigenvalue weighted by atomic mass is 16.5. The monoisotopic (exact) mass is 541 g/mol. The smallest absolute Gasteiger partial charge is 0.325 e. The minimum atomic E-state index is -0.945. The number of amides is 3. The van der Waals surface area contributed by atoms with Crippen LogP contribution in [0.5, 0.6) is 5.75 Å². The summed E-state index contributed by atoms with van der Waals surface area (Å²) >= 11 is 0. The molecule has 0 saturated carbocycles. The van der Waals surface area contributed by atoms with Crippen molar-refractivity contribution in [1.29, 1.82) is 0 Å². The lowest BCUT2D eigenvalue weighted by Gasteiger charge is -2.37. The molecule has 4 aromatic rings. The second-order valence-corrected chi connectivity index (χ2v) is 10.4. The van der Waals surface area contributed by atoms with Crippen molar-refractivity contribution in [1.82, 2.24) is 29.2 Å². The highest BCUT2D eigenvalue weighted by Gasteiger charge is 2.52. The number of imidazole rings is 1. The standard InChI is InChI=1S/C29H31N7O4/c1-20-18-23(40-21(2)22-6-4-3-5-7-22)19-24(37)35(20)16-17-36-27(38)29(32-28(36)39)8-12-33(13-9-29)25-26-31-11-15-34(26)14-10-30-25/h3-7,10-11,14-15,18-19,21H,8-9,12-13,16-17H2,1-2H3,(H,32,39). The maximum absolute atomic E-state index is 13.5. The van der Waals surface area contributed by atoms with E-state index in [2.05, 4.69) is 20.2 Å². The molecule has 1 N–H and O–H groups in total. The van der Waals surface area contributed by atoms with Crippen molar-refractivity contribution in [2.75, 3.05) is 24.5 Å². The van der Waals surface area contributed by atoms with Gasteiger partial charge in [-0.2, -0.15) is 0 Å². The van der Waals surface area contributed by atoms with E-state index in [9.17, 15) is 14.4 Å². The summed E-state index contributed by atoms with van der Waals surface area (Å²) in [4.78, 5) is 51.6. The zero-order valence-corrected chi connectivity index (χ0v) is 22.5. The lowest BCUT2D eigenvalue weighted by atomic mass is 9.87. The number of pyridine rings is 1. The van der Waals surface area contributed by atoms with E-state index >= 15 is 0 Å². The SMILES string of the molecule is Cc1cc(OC(C)c2ccccc2)cc(=O)n1CCN1C(=O)NC2(CCN(c3nccn4ccnc34)CC2)C1=O. The van der Waals surface area contributed by atoms with Crippen LogP contribution in [0.1, 0.15) is 37.1 Å². The van der Waals surface area contributed by atoms with Gasteiger partial charge in [-0.05, 0) is 38.3 Å². The Bertz CT molecular complexity index is 1620. The molecule has 11 nitrogen and oxygen atoms in total. The van der Waals surface area contributed by atoms with Crippen LogP contribution in [0.15, 0.2) is 72.0 Å². The lowest BCUT2D eigenvalue weighted by molar-refractivity contribution is -0.132. The minimum Gasteiger partial charge on any atom is -0.486 e. The molecule has 2 saturated heterocycles. The van der Waals surface area contributed by atoms with E-state index in [1.807, 2.05) is 61.0 Å². The predicted octanol–water partition coefficient (Wildman–Crippen LogP) is 2.93. The van der Waals surface area contributed by atoms with E-state index in [0.717, 1.165) is 17.0 Å². The van der Waals surface area contributed by atoms with Crippen molar-refractivity contribution in [2.45, 2.75) is 44.9 Å². The van der Waals surface area contributed by atoms with Crippen LogP contribution in [0, 0.1) is 6.92 Å². The molecule has 40 heavy (non-hydrogen) atoms. The van der Waals surface area contributed by atoms with Crippen molar-refractivity contribution >= 4 is 23.4 Å². The molecule has 1 unspecified atom stereocenters. The van der Waals surface area contributed by atoms with Crippen molar-refractivity contribution in [3.8, 4) is 5.75 Å². The number of fused-ring (bicyclic) bond motifs is 1. The third-order valence-corrected chi connectivity index (χ3v) is 7.89. The summed E-state index contributed by atoms with van der Waals surface area (Å²) in [6, 6.07) is 12.6. The fourth-order valence-corrected chi connectivity index (χ4v) is 5.63. The van der Waals surface area contributed by atoms with Gasteiger partial charge in [0.2, 0.25) is 0 Å². The first-order valence-electron chi connectivity index (χ1n) is 13.4. The van der Waals surface area contributed by atoms with Crippen molar-refractivity contribution < 1.29 is 14.3 Å². The van der Waals surface area contributed by atoms with Gasteiger partial charge in [-0.3, -0.25) is 14.5 Å². The maximum atomic E-state index is 13.5. The van der Waals surface area contributed by atoms with Crippen molar-refractivity contribution in [2.24, 2.45) is 0 Å². The number of urea groups is 1. The van der Waals surface area contributed by atoms with Crippen molar-refractivity contribution in [3.05, 3.63) is 88.9 Å². The first kappa shape index (κ1) is 25.6. The molecule has 0 aliphatic carbocycles. The Kier molecular flexibility index (Phi) is 6.49. The third kappa shape index (κ3) is 4.57. The van der Waals surface area contributed by atoms with Crippen LogP contribution in [-0.2, 0) is 11.3 Å². The van der Waals surface area contributed by atoms with Gasteiger partial charge < -0.3 is 23.9 Å². The van der Waals surface area contributed by atoms with Gasteiger partial charge in [0.15, 0.2) is 11.5 Å². The van der Waals surface area contributed by atoms with Gasteiger partial charge in [0.1, 0.15) is 17.4 Å². The van der Waals surface area contributed by atoms with Gasteiger partial charge >= 0.3 is 6.03 Å². The van der Waals surface area contributed by atoms with Gasteiger partial charge in [-0.25, -0.2) is 14.8 Å². The van der Waals surface area contributed by atoms with Gasteiger partial charge in [-0.15, -0.1) is 0 Å². The van der Waals surface area contributed by atoms with Crippen LogP contribution < -0.4 is 20.5 Å². The van der Waals surface area contributed by atoms with Gasteiger partial charge in [0.05, 0.1) is 0 Å². The first-order chi connectivity index (χ1) is 19.3. The lowest BCUT2D eigenvalue weighted by Crippen LogP contribution is -2.55. The second kappa shape index (κ2) is 10.1. The highest BCUT2D eigenvalue weighted by Crippen LogP contribution is 2.32. The molecule has 5 heterocycles. The van der Waals surface area contributed by atoms with Crippen LogP contribution in [-0.4, -0.2) is 60.9 Å². The molecule has 2 fully saturated rings. The van der Waals surface area contributed by atoms with Crippen LogP contribution in [0.2, 0.25) is 0 Å². The molecule has 1 aromatic carbocycles. The Morgan fingerprint density at radius 3 is 2.45 bits per heavy atom. The zero-order chi connectivity index (χ0) is 27.9. The Labute approximate surface area is 231 Å². The molecule has 0 radical (unpaired) electrons. The number of nitrogens with zero attached hydrogens (tertiary/aromatic N) is 6. The molecule has 11 heteroatoms. The second-order valence-electron chi connectivity index (χ2n) is 10.4. The Morgan fingerprint density at radius 2 is 1.73 bits per heavy atom. The zero-order valence-electron chi connectivity index (χ0n) is 22.5. The number of hydrogen-bond acceptors (Lipinski definition) is 7. The summed E-state index contributed by atoms with van der Waals surface area (Å²) in [6.07, 6.45) is 7.87. The first-order valence-corrected chi connectivity index (χ1v) is 13.4. The van der Waals surface area contributed by atoms with E-state index in [0.29, 0.717) is 37.4 Å². The molecule has 3 aromatic heterocycles. The molecular formula is C29H31N7O4. The number of anilines is 1. The summed E-state index contributed by atoms with van der Waals surface area (Å²) in [7, 11) is 0. The van der Waals surface area contributed by atoms with Gasteiger partial charge in [0.25, 0.3) is 11.5 Å². The predicted molar refractivity (Wildman–Crippen MR) is 148 cm³/mol. The number of carbonyl (C=O) groups excluding carboxylic acids is 2. The average Bonchev–Trinajstić information content (AvgIpc) is 3.52. The van der Waals surface area contributed by atoms with Crippen LogP contribution in [0.3, 0.4) is 0 Å². The molecule has 1 spiro atoms. The molecule has 2 aliphatic heterocycles. The number of piperidine rings is 1. The molecule has 206 valence electrons. The third-order valence-electron chi connectivity index (χ3n) is 7.89. The van der Waals surface area contributed by atoms with E-state index in [1.165, 1.54) is 11.0 Å².